The predicted octanol–water partition coefficient (Wildman–Crippen LogP) is -0.457. The lowest BCUT2D eigenvalue weighted by Crippen LogP contribution is -2.35. The Balaban J connectivity index is 2.12. The first-order valence-electron chi connectivity index (χ1n) is 6.75. The van der Waals surface area contributed by atoms with E-state index in [2.05, 4.69) is 20.0 Å². The minimum atomic E-state index is -0.874. The van der Waals surface area contributed by atoms with Gasteiger partial charge in [-0.25, -0.2) is 9.78 Å². The number of aliphatic hydroxyl groups excluding tert-OH is 1. The molecule has 1 fully saturated rings. The fourth-order valence-corrected chi connectivity index (χ4v) is 2.71. The van der Waals surface area contributed by atoms with Crippen LogP contribution in [0, 0.1) is 0 Å². The summed E-state index contributed by atoms with van der Waals surface area (Å²) in [6.45, 7) is -0.385. The summed E-state index contributed by atoms with van der Waals surface area (Å²) in [5.41, 5.74) is 7.59. The highest BCUT2D eigenvalue weighted by Crippen LogP contribution is 2.39. The van der Waals surface area contributed by atoms with E-state index in [1.807, 2.05) is 0 Å². The molecule has 0 aromatic carbocycles. The minimum Gasteiger partial charge on any atom is -0.394 e. The molecule has 1 aliphatic heterocycles. The Kier molecular flexibility index (Phi) is 3.98. The number of imidazole rings is 1. The van der Waals surface area contributed by atoms with Gasteiger partial charge in [-0.2, -0.15) is 0 Å². The number of hydrogen-bond donors (Lipinski definition) is 2. The molecule has 0 aliphatic carbocycles. The standard InChI is InChI=1S/C12H13N7O4/c13-17-16-9-7(5-20)23-11(10(9)18-4-2-14-6-18)19-3-1-8(21)15-12(19)22/h1-4,6-7,9-11,20H,5H2,(H,15,21,22)/t7-,9-,10-,11-/m1/s1. The maximum absolute atomic E-state index is 12.0. The first-order valence-corrected chi connectivity index (χ1v) is 6.75. The van der Waals surface area contributed by atoms with Crippen molar-refractivity contribution in [1.29, 1.82) is 0 Å². The van der Waals surface area contributed by atoms with Crippen molar-refractivity contribution < 1.29 is 9.84 Å². The largest absolute Gasteiger partial charge is 0.394 e. The van der Waals surface area contributed by atoms with Crippen molar-refractivity contribution in [2.75, 3.05) is 6.61 Å². The van der Waals surface area contributed by atoms with E-state index >= 15 is 0 Å². The Labute approximate surface area is 128 Å². The Morgan fingerprint density at radius 1 is 1.48 bits per heavy atom. The number of hydrogen-bond acceptors (Lipinski definition) is 6. The first kappa shape index (κ1) is 15.0. The van der Waals surface area contributed by atoms with Gasteiger partial charge in [0.1, 0.15) is 0 Å². The van der Waals surface area contributed by atoms with Gasteiger partial charge in [0.15, 0.2) is 6.23 Å². The van der Waals surface area contributed by atoms with Gasteiger partial charge in [0.05, 0.1) is 31.1 Å². The summed E-state index contributed by atoms with van der Waals surface area (Å²) < 4.78 is 8.51. The molecule has 2 N–H and O–H groups in total. The molecule has 4 atom stereocenters. The third-order valence-corrected chi connectivity index (χ3v) is 3.70. The number of ether oxygens (including phenoxy) is 1. The van der Waals surface area contributed by atoms with Crippen molar-refractivity contribution in [3.63, 3.8) is 0 Å². The van der Waals surface area contributed by atoms with Gasteiger partial charge >= 0.3 is 5.69 Å². The van der Waals surface area contributed by atoms with Crippen LogP contribution in [0.1, 0.15) is 12.3 Å². The van der Waals surface area contributed by atoms with Crippen LogP contribution in [-0.2, 0) is 4.74 Å². The molecule has 120 valence electrons. The summed E-state index contributed by atoms with van der Waals surface area (Å²) in [6, 6.07) is -0.165. The predicted molar refractivity (Wildman–Crippen MR) is 76.5 cm³/mol. The molecule has 3 heterocycles. The molecule has 11 heteroatoms. The lowest BCUT2D eigenvalue weighted by Gasteiger charge is -2.23. The van der Waals surface area contributed by atoms with E-state index in [-0.39, 0.29) is 6.61 Å². The Hall–Kier alpha value is -2.88. The van der Waals surface area contributed by atoms with Crippen LogP contribution in [0.2, 0.25) is 0 Å². The number of nitrogens with zero attached hydrogens (tertiary/aromatic N) is 6. The van der Waals surface area contributed by atoms with E-state index in [1.54, 1.807) is 10.8 Å². The second-order valence-electron chi connectivity index (χ2n) is 4.96. The molecule has 1 aliphatic rings. The molecule has 0 amide bonds. The third kappa shape index (κ3) is 2.63. The van der Waals surface area contributed by atoms with Gasteiger partial charge in [-0.15, -0.1) is 0 Å². The van der Waals surface area contributed by atoms with E-state index in [1.165, 1.54) is 29.4 Å². The number of rotatable bonds is 4. The summed E-state index contributed by atoms with van der Waals surface area (Å²) >= 11 is 0. The number of azide groups is 1. The zero-order chi connectivity index (χ0) is 16.4. The molecule has 0 spiro atoms. The van der Waals surface area contributed by atoms with Gasteiger partial charge in [-0.05, 0) is 5.53 Å². The maximum atomic E-state index is 12.0. The highest BCUT2D eigenvalue weighted by Gasteiger charge is 2.46. The topological polar surface area (TPSA) is 151 Å². The molecular weight excluding hydrogens is 306 g/mol. The molecule has 0 radical (unpaired) electrons. The average Bonchev–Trinajstić information content (AvgIpc) is 3.15. The van der Waals surface area contributed by atoms with Gasteiger partial charge in [-0.1, -0.05) is 5.11 Å². The Morgan fingerprint density at radius 2 is 2.30 bits per heavy atom. The van der Waals surface area contributed by atoms with Crippen LogP contribution in [-0.4, -0.2) is 43.0 Å². The van der Waals surface area contributed by atoms with Crippen LogP contribution in [0.5, 0.6) is 0 Å². The normalized spacial score (nSPS) is 26.8. The first-order chi connectivity index (χ1) is 11.2. The van der Waals surface area contributed by atoms with E-state index in [0.717, 1.165) is 0 Å². The summed E-state index contributed by atoms with van der Waals surface area (Å²) in [4.78, 5) is 32.1. The number of aliphatic hydroxyl groups is 1. The van der Waals surface area contributed by atoms with Crippen molar-refractivity contribution in [2.24, 2.45) is 5.11 Å². The van der Waals surface area contributed by atoms with Crippen LogP contribution >= 0.6 is 0 Å². The monoisotopic (exact) mass is 319 g/mol. The SMILES string of the molecule is [N-]=[N+]=N[C@H]1[C@@H](n2ccnc2)[C@H](n2ccc(=O)[nH]c2=O)O[C@@H]1CO. The quantitative estimate of drug-likeness (QED) is 0.444. The van der Waals surface area contributed by atoms with Gasteiger partial charge in [0.25, 0.3) is 5.56 Å². The summed E-state index contributed by atoms with van der Waals surface area (Å²) in [6.07, 6.45) is 4.30. The molecule has 2 aromatic heterocycles. The summed E-state index contributed by atoms with van der Waals surface area (Å²) in [5, 5.41) is 13.2. The van der Waals surface area contributed by atoms with E-state index in [0.29, 0.717) is 0 Å². The smallest absolute Gasteiger partial charge is 0.330 e. The number of nitrogens with one attached hydrogen (secondary N) is 1. The zero-order valence-electron chi connectivity index (χ0n) is 11.8. The molecule has 23 heavy (non-hydrogen) atoms. The van der Waals surface area contributed by atoms with Gasteiger partial charge in [0.2, 0.25) is 0 Å². The average molecular weight is 319 g/mol. The van der Waals surface area contributed by atoms with Crippen molar-refractivity contribution in [3.05, 3.63) is 62.3 Å². The summed E-state index contributed by atoms with van der Waals surface area (Å²) in [7, 11) is 0. The van der Waals surface area contributed by atoms with Crippen molar-refractivity contribution in [3.8, 4) is 0 Å². The molecule has 0 bridgehead atoms. The highest BCUT2D eigenvalue weighted by atomic mass is 16.5. The third-order valence-electron chi connectivity index (χ3n) is 3.70. The number of H-pyrrole nitrogens is 1. The lowest BCUT2D eigenvalue weighted by atomic mass is 10.1. The fourth-order valence-electron chi connectivity index (χ4n) is 2.71. The summed E-state index contributed by atoms with van der Waals surface area (Å²) in [5.74, 6) is 0. The number of aromatic amines is 1. The second-order valence-corrected chi connectivity index (χ2v) is 4.96. The van der Waals surface area contributed by atoms with Gasteiger partial charge in [-0.3, -0.25) is 14.3 Å². The van der Waals surface area contributed by atoms with Crippen LogP contribution < -0.4 is 11.2 Å². The zero-order valence-corrected chi connectivity index (χ0v) is 11.8. The van der Waals surface area contributed by atoms with Crippen molar-refractivity contribution in [2.45, 2.75) is 24.4 Å². The molecule has 1 saturated heterocycles. The van der Waals surface area contributed by atoms with Crippen LogP contribution in [0.3, 0.4) is 0 Å². The minimum absolute atomic E-state index is 0.385. The van der Waals surface area contributed by atoms with E-state index in [9.17, 15) is 14.7 Å². The van der Waals surface area contributed by atoms with Gasteiger partial charge < -0.3 is 14.4 Å². The molecule has 0 unspecified atom stereocenters. The second kappa shape index (κ2) is 6.08. The van der Waals surface area contributed by atoms with Crippen LogP contribution in [0.15, 0.2) is 45.7 Å². The van der Waals surface area contributed by atoms with Gasteiger partial charge in [0, 0.05) is 29.6 Å². The van der Waals surface area contributed by atoms with E-state index in [4.69, 9.17) is 10.3 Å². The molecular formula is C12H13N7O4. The number of aromatic nitrogens is 4. The van der Waals surface area contributed by atoms with Crippen LogP contribution in [0.25, 0.3) is 10.4 Å². The van der Waals surface area contributed by atoms with E-state index < -0.39 is 35.7 Å². The fraction of sp³-hybridized carbons (Fsp3) is 0.417. The Morgan fingerprint density at radius 3 is 2.91 bits per heavy atom. The lowest BCUT2D eigenvalue weighted by molar-refractivity contribution is -0.0352. The molecule has 11 nitrogen and oxygen atoms in total. The Bertz CT molecular complexity index is 836. The van der Waals surface area contributed by atoms with Crippen molar-refractivity contribution in [1.82, 2.24) is 19.1 Å². The molecule has 3 rings (SSSR count). The van der Waals surface area contributed by atoms with Crippen LogP contribution in [0.4, 0.5) is 0 Å². The maximum Gasteiger partial charge on any atom is 0.330 e. The molecule has 0 saturated carbocycles. The van der Waals surface area contributed by atoms with Crippen molar-refractivity contribution >= 4 is 0 Å². The highest BCUT2D eigenvalue weighted by molar-refractivity contribution is 5.01. The molecule has 2 aromatic rings.